The van der Waals surface area contributed by atoms with Crippen molar-refractivity contribution in [3.05, 3.63) is 0 Å². The number of halogens is 2. The normalized spacial score (nSPS) is 12.8. The molecule has 20 heavy (non-hydrogen) atoms. The number of hydrogen-bond acceptors (Lipinski definition) is 5. The summed E-state index contributed by atoms with van der Waals surface area (Å²) < 4.78 is 7.66. The zero-order valence-electron chi connectivity index (χ0n) is 12.0. The van der Waals surface area contributed by atoms with Crippen LogP contribution in [0.5, 0.6) is 0 Å². The summed E-state index contributed by atoms with van der Waals surface area (Å²) in [7, 11) is 0. The first kappa shape index (κ1) is 19.4. The van der Waals surface area contributed by atoms with E-state index in [1.807, 2.05) is 0 Å². The predicted octanol–water partition coefficient (Wildman–Crippen LogP) is 2.61. The van der Waals surface area contributed by atoms with Crippen LogP contribution in [0.2, 0.25) is 0 Å². The van der Waals surface area contributed by atoms with Crippen LogP contribution in [0.15, 0.2) is 0 Å². The lowest BCUT2D eigenvalue weighted by molar-refractivity contribution is -0.239. The average molecular weight is 418 g/mol. The Labute approximate surface area is 134 Å². The molecule has 0 aliphatic rings. The summed E-state index contributed by atoms with van der Waals surface area (Å²) in [4.78, 5) is 35.1. The van der Waals surface area contributed by atoms with Crippen molar-refractivity contribution in [1.29, 1.82) is 0 Å². The van der Waals surface area contributed by atoms with E-state index in [2.05, 4.69) is 31.9 Å². The van der Waals surface area contributed by atoms with Crippen LogP contribution in [0, 0.1) is 0 Å². The summed E-state index contributed by atoms with van der Waals surface area (Å²) in [5.74, 6) is -5.58. The maximum absolute atomic E-state index is 11.8. The fraction of sp³-hybridized carbons (Fsp3) is 0.750. The third-order valence-electron chi connectivity index (χ3n) is 2.28. The van der Waals surface area contributed by atoms with Gasteiger partial charge in [-0.1, -0.05) is 38.8 Å². The third-order valence-corrected chi connectivity index (χ3v) is 2.92. The van der Waals surface area contributed by atoms with Crippen molar-refractivity contribution >= 4 is 49.8 Å². The Morgan fingerprint density at radius 3 is 1.40 bits per heavy atom. The monoisotopic (exact) mass is 416 g/mol. The lowest BCUT2D eigenvalue weighted by Crippen LogP contribution is -2.51. The second-order valence-electron chi connectivity index (χ2n) is 5.14. The molecule has 0 radical (unpaired) electrons. The molecule has 0 saturated carbocycles. The molecule has 0 aromatic heterocycles. The van der Waals surface area contributed by atoms with Crippen LogP contribution in [0.1, 0.15) is 41.0 Å². The van der Waals surface area contributed by atoms with Crippen LogP contribution in [-0.2, 0) is 23.9 Å². The maximum atomic E-state index is 11.8. The molecule has 8 heteroatoms. The number of aliphatic carboxylic acids is 1. The van der Waals surface area contributed by atoms with Crippen LogP contribution >= 0.6 is 31.9 Å². The molecule has 0 fully saturated rings. The van der Waals surface area contributed by atoms with Crippen molar-refractivity contribution in [2.75, 3.05) is 0 Å². The van der Waals surface area contributed by atoms with Crippen LogP contribution in [-0.4, -0.2) is 37.5 Å². The van der Waals surface area contributed by atoms with Crippen molar-refractivity contribution in [2.24, 2.45) is 0 Å². The van der Waals surface area contributed by atoms with Gasteiger partial charge in [-0.15, -0.1) is 0 Å². The summed E-state index contributed by atoms with van der Waals surface area (Å²) in [6, 6.07) is 0. The molecular weight excluding hydrogens is 400 g/mol. The van der Waals surface area contributed by atoms with E-state index in [1.54, 1.807) is 0 Å². The highest BCUT2D eigenvalue weighted by Gasteiger charge is 2.49. The summed E-state index contributed by atoms with van der Waals surface area (Å²) >= 11 is 6.13. The van der Waals surface area contributed by atoms with Crippen molar-refractivity contribution in [3.8, 4) is 0 Å². The van der Waals surface area contributed by atoms with Gasteiger partial charge < -0.3 is 14.6 Å². The number of carbonyl (C=O) groups excluding carboxylic acids is 2. The van der Waals surface area contributed by atoms with E-state index in [1.165, 1.54) is 34.6 Å². The number of carboxylic acids is 1. The summed E-state index contributed by atoms with van der Waals surface area (Å²) in [5, 5.41) is 9.27. The summed E-state index contributed by atoms with van der Waals surface area (Å²) in [6.45, 7) is 7.42. The van der Waals surface area contributed by atoms with Gasteiger partial charge in [0.25, 0.3) is 0 Å². The predicted molar refractivity (Wildman–Crippen MR) is 78.9 cm³/mol. The molecule has 0 aromatic carbocycles. The first-order chi connectivity index (χ1) is 8.76. The van der Waals surface area contributed by atoms with Gasteiger partial charge in [0.15, 0.2) is 0 Å². The molecule has 0 aliphatic heterocycles. The molecular formula is C12H18Br2O6. The topological polar surface area (TPSA) is 89.9 Å². The molecule has 116 valence electrons. The lowest BCUT2D eigenvalue weighted by atomic mass is 10.1. The van der Waals surface area contributed by atoms with Crippen molar-refractivity contribution in [3.63, 3.8) is 0 Å². The Hall–Kier alpha value is -0.630. The van der Waals surface area contributed by atoms with Gasteiger partial charge in [-0.3, -0.25) is 9.59 Å². The molecule has 1 N–H and O–H groups in total. The minimum absolute atomic E-state index is 0.216. The molecule has 0 aromatic rings. The molecule has 0 heterocycles. The number of carboxylic acid groups (broad SMARTS) is 1. The number of alkyl halides is 2. The molecule has 0 rings (SSSR count). The molecule has 0 atom stereocenters. The molecule has 0 aliphatic carbocycles. The lowest BCUT2D eigenvalue weighted by Gasteiger charge is -2.31. The first-order valence-corrected chi connectivity index (χ1v) is 7.43. The number of hydrogen-bond donors (Lipinski definition) is 1. The Bertz CT molecular complexity index is 377. The van der Waals surface area contributed by atoms with E-state index in [4.69, 9.17) is 9.47 Å². The van der Waals surface area contributed by atoms with Crippen molar-refractivity contribution in [2.45, 2.75) is 55.5 Å². The number of ether oxygens (including phenoxy) is 2. The van der Waals surface area contributed by atoms with E-state index in [-0.39, 0.29) is 6.42 Å². The van der Waals surface area contributed by atoms with Gasteiger partial charge in [0.1, 0.15) is 8.65 Å². The molecule has 0 spiro atoms. The van der Waals surface area contributed by atoms with E-state index in [0.29, 0.717) is 0 Å². The highest BCUT2D eigenvalue weighted by Crippen LogP contribution is 2.28. The number of esters is 2. The quantitative estimate of drug-likeness (QED) is 0.405. The van der Waals surface area contributed by atoms with Gasteiger partial charge >= 0.3 is 23.7 Å². The Morgan fingerprint density at radius 2 is 1.25 bits per heavy atom. The zero-order chi connectivity index (χ0) is 16.4. The third kappa shape index (κ3) is 5.05. The molecule has 0 bridgehead atoms. The van der Waals surface area contributed by atoms with Crippen LogP contribution < -0.4 is 0 Å². The zero-order valence-corrected chi connectivity index (χ0v) is 15.1. The standard InChI is InChI=1S/C12H18Br2O6/c1-6-12(7(15)16,19-8(17)10(2,3)13)20-9(18)11(4,5)14/h6H2,1-5H3,(H,15,16). The summed E-state index contributed by atoms with van der Waals surface area (Å²) in [6.07, 6.45) is -0.216. The SMILES string of the molecule is CCC(OC(=O)C(C)(C)Br)(OC(=O)C(C)(C)Br)C(=O)O. The van der Waals surface area contributed by atoms with Gasteiger partial charge in [0, 0.05) is 6.42 Å². The van der Waals surface area contributed by atoms with Crippen molar-refractivity contribution < 1.29 is 29.0 Å². The Kier molecular flexibility index (Phi) is 6.22. The Morgan fingerprint density at radius 1 is 0.950 bits per heavy atom. The van der Waals surface area contributed by atoms with Crippen molar-refractivity contribution in [1.82, 2.24) is 0 Å². The Balaban J connectivity index is 5.39. The number of rotatable bonds is 6. The minimum Gasteiger partial charge on any atom is -0.475 e. The van der Waals surface area contributed by atoms with Gasteiger partial charge in [-0.2, -0.15) is 0 Å². The smallest absolute Gasteiger partial charge is 0.390 e. The second kappa shape index (κ2) is 6.43. The van der Waals surface area contributed by atoms with Gasteiger partial charge in [0.2, 0.25) is 0 Å². The fourth-order valence-corrected chi connectivity index (χ4v) is 1.11. The van der Waals surface area contributed by atoms with E-state index < -0.39 is 32.3 Å². The van der Waals surface area contributed by atoms with Gasteiger partial charge in [-0.05, 0) is 27.7 Å². The van der Waals surface area contributed by atoms with E-state index >= 15 is 0 Å². The number of carbonyl (C=O) groups is 3. The maximum Gasteiger partial charge on any atom is 0.390 e. The molecule has 6 nitrogen and oxygen atoms in total. The highest BCUT2D eigenvalue weighted by atomic mass is 79.9. The fourth-order valence-electron chi connectivity index (χ4n) is 0.946. The van der Waals surface area contributed by atoms with Crippen LogP contribution in [0.25, 0.3) is 0 Å². The van der Waals surface area contributed by atoms with Crippen LogP contribution in [0.3, 0.4) is 0 Å². The highest BCUT2D eigenvalue weighted by molar-refractivity contribution is 9.10. The molecule has 0 saturated heterocycles. The second-order valence-corrected chi connectivity index (χ2v) is 9.10. The van der Waals surface area contributed by atoms with E-state index in [9.17, 15) is 19.5 Å². The van der Waals surface area contributed by atoms with E-state index in [0.717, 1.165) is 0 Å². The largest absolute Gasteiger partial charge is 0.475 e. The summed E-state index contributed by atoms with van der Waals surface area (Å²) in [5.41, 5.74) is 0. The molecule has 0 unspecified atom stereocenters. The van der Waals surface area contributed by atoms with Gasteiger partial charge in [-0.25, -0.2) is 4.79 Å². The van der Waals surface area contributed by atoms with Gasteiger partial charge in [0.05, 0.1) is 0 Å². The van der Waals surface area contributed by atoms with Crippen LogP contribution in [0.4, 0.5) is 0 Å². The minimum atomic E-state index is -2.34. The average Bonchev–Trinajstić information content (AvgIpc) is 2.24. The first-order valence-electron chi connectivity index (χ1n) is 5.84. The molecule has 0 amide bonds.